The Morgan fingerprint density at radius 1 is 1.29 bits per heavy atom. The summed E-state index contributed by atoms with van der Waals surface area (Å²) in [5.74, 6) is 0.672. The standard InChI is InChI=1S/C15H23NO/c1-3-12-4-6-13(7-5-12)10-15(16-2)14-8-9-17-11-14/h4-7,14-16H,3,8-11H2,1-2H3. The molecule has 2 unspecified atom stereocenters. The molecule has 0 radical (unpaired) electrons. The average Bonchev–Trinajstić information content (AvgIpc) is 2.90. The Kier molecular flexibility index (Phi) is 4.57. The number of nitrogens with one attached hydrogen (secondary N) is 1. The minimum absolute atomic E-state index is 0.546. The van der Waals surface area contributed by atoms with E-state index in [0.717, 1.165) is 26.1 Å². The summed E-state index contributed by atoms with van der Waals surface area (Å²) >= 11 is 0. The smallest absolute Gasteiger partial charge is 0.0510 e. The Morgan fingerprint density at radius 3 is 2.53 bits per heavy atom. The highest BCUT2D eigenvalue weighted by Crippen LogP contribution is 2.20. The van der Waals surface area contributed by atoms with Crippen LogP contribution in [0.15, 0.2) is 24.3 Å². The first-order valence-electron chi connectivity index (χ1n) is 6.66. The number of hydrogen-bond donors (Lipinski definition) is 1. The van der Waals surface area contributed by atoms with Gasteiger partial charge in [-0.3, -0.25) is 0 Å². The van der Waals surface area contributed by atoms with Crippen LogP contribution < -0.4 is 5.32 Å². The maximum Gasteiger partial charge on any atom is 0.0510 e. The molecule has 1 fully saturated rings. The molecule has 0 saturated carbocycles. The third-order valence-electron chi connectivity index (χ3n) is 3.79. The molecule has 2 rings (SSSR count). The molecule has 0 aromatic heterocycles. The highest BCUT2D eigenvalue weighted by molar-refractivity contribution is 5.23. The van der Waals surface area contributed by atoms with Crippen molar-refractivity contribution >= 4 is 0 Å². The molecule has 2 nitrogen and oxygen atoms in total. The highest BCUT2D eigenvalue weighted by Gasteiger charge is 2.24. The van der Waals surface area contributed by atoms with E-state index >= 15 is 0 Å². The number of rotatable bonds is 5. The van der Waals surface area contributed by atoms with E-state index in [4.69, 9.17) is 4.74 Å². The van der Waals surface area contributed by atoms with Gasteiger partial charge in [0.1, 0.15) is 0 Å². The number of hydrogen-bond acceptors (Lipinski definition) is 2. The summed E-state index contributed by atoms with van der Waals surface area (Å²) in [5, 5.41) is 3.44. The Hall–Kier alpha value is -0.860. The molecule has 17 heavy (non-hydrogen) atoms. The fourth-order valence-corrected chi connectivity index (χ4v) is 2.54. The molecule has 1 aromatic carbocycles. The summed E-state index contributed by atoms with van der Waals surface area (Å²) in [6, 6.07) is 9.56. The molecule has 0 spiro atoms. The molecule has 2 heteroatoms. The van der Waals surface area contributed by atoms with Crippen LogP contribution >= 0.6 is 0 Å². The number of likely N-dealkylation sites (N-methyl/N-ethyl adjacent to an activating group) is 1. The highest BCUT2D eigenvalue weighted by atomic mass is 16.5. The second kappa shape index (κ2) is 6.18. The van der Waals surface area contributed by atoms with Gasteiger partial charge in [0.25, 0.3) is 0 Å². The molecule has 0 aliphatic carbocycles. The lowest BCUT2D eigenvalue weighted by Crippen LogP contribution is -2.35. The third kappa shape index (κ3) is 3.30. The van der Waals surface area contributed by atoms with Crippen molar-refractivity contribution in [1.29, 1.82) is 0 Å². The van der Waals surface area contributed by atoms with E-state index in [0.29, 0.717) is 12.0 Å². The Morgan fingerprint density at radius 2 is 2.00 bits per heavy atom. The van der Waals surface area contributed by atoms with E-state index in [1.54, 1.807) is 0 Å². The topological polar surface area (TPSA) is 21.3 Å². The molecule has 1 aliphatic heterocycles. The molecular weight excluding hydrogens is 210 g/mol. The van der Waals surface area contributed by atoms with E-state index in [9.17, 15) is 0 Å². The molecule has 1 heterocycles. The summed E-state index contributed by atoms with van der Waals surface area (Å²) in [4.78, 5) is 0. The maximum atomic E-state index is 5.47. The van der Waals surface area contributed by atoms with Crippen LogP contribution in [0.1, 0.15) is 24.5 Å². The SMILES string of the molecule is CCc1ccc(CC(NC)C2CCOC2)cc1. The molecule has 0 bridgehead atoms. The van der Waals surface area contributed by atoms with Gasteiger partial charge in [0.2, 0.25) is 0 Å². The van der Waals surface area contributed by atoms with Crippen molar-refractivity contribution in [3.05, 3.63) is 35.4 Å². The summed E-state index contributed by atoms with van der Waals surface area (Å²) in [5.41, 5.74) is 2.84. The molecule has 1 aliphatic rings. The van der Waals surface area contributed by atoms with Crippen LogP contribution in [-0.4, -0.2) is 26.3 Å². The lowest BCUT2D eigenvalue weighted by Gasteiger charge is -2.22. The lowest BCUT2D eigenvalue weighted by atomic mass is 9.92. The summed E-state index contributed by atoms with van der Waals surface area (Å²) < 4.78 is 5.47. The molecule has 1 N–H and O–H groups in total. The van der Waals surface area contributed by atoms with Gasteiger partial charge >= 0.3 is 0 Å². The van der Waals surface area contributed by atoms with E-state index in [1.807, 2.05) is 0 Å². The second-order valence-corrected chi connectivity index (χ2v) is 4.89. The minimum Gasteiger partial charge on any atom is -0.381 e. The van der Waals surface area contributed by atoms with E-state index in [1.165, 1.54) is 17.5 Å². The van der Waals surface area contributed by atoms with Gasteiger partial charge in [0.05, 0.1) is 6.61 Å². The minimum atomic E-state index is 0.546. The number of ether oxygens (including phenoxy) is 1. The monoisotopic (exact) mass is 233 g/mol. The lowest BCUT2D eigenvalue weighted by molar-refractivity contribution is 0.177. The Balaban J connectivity index is 1.96. The van der Waals surface area contributed by atoms with Crippen LogP contribution in [0.5, 0.6) is 0 Å². The van der Waals surface area contributed by atoms with Gasteiger partial charge in [0.15, 0.2) is 0 Å². The van der Waals surface area contributed by atoms with Crippen LogP contribution in [0.25, 0.3) is 0 Å². The molecule has 1 saturated heterocycles. The zero-order valence-electron chi connectivity index (χ0n) is 10.9. The molecule has 2 atom stereocenters. The van der Waals surface area contributed by atoms with Crippen molar-refractivity contribution in [2.24, 2.45) is 5.92 Å². The zero-order valence-corrected chi connectivity index (χ0v) is 10.9. The largest absolute Gasteiger partial charge is 0.381 e. The first kappa shape index (κ1) is 12.6. The van der Waals surface area contributed by atoms with Gasteiger partial charge in [-0.2, -0.15) is 0 Å². The predicted octanol–water partition coefficient (Wildman–Crippen LogP) is 2.42. The van der Waals surface area contributed by atoms with E-state index < -0.39 is 0 Å². The van der Waals surface area contributed by atoms with Crippen molar-refractivity contribution in [2.45, 2.75) is 32.2 Å². The summed E-state index contributed by atoms with van der Waals surface area (Å²) in [7, 11) is 2.06. The van der Waals surface area contributed by atoms with Gasteiger partial charge in [-0.1, -0.05) is 31.2 Å². The molecular formula is C15H23NO. The van der Waals surface area contributed by atoms with Crippen LogP contribution in [0.3, 0.4) is 0 Å². The van der Waals surface area contributed by atoms with Crippen LogP contribution in [-0.2, 0) is 17.6 Å². The molecule has 1 aromatic rings. The summed E-state index contributed by atoms with van der Waals surface area (Å²) in [6.45, 7) is 4.04. The van der Waals surface area contributed by atoms with Gasteiger partial charge in [-0.25, -0.2) is 0 Å². The molecule has 0 amide bonds. The molecule has 94 valence electrons. The Labute approximate surface area is 104 Å². The van der Waals surface area contributed by atoms with Crippen LogP contribution in [0.4, 0.5) is 0 Å². The predicted molar refractivity (Wildman–Crippen MR) is 71.3 cm³/mol. The van der Waals surface area contributed by atoms with Crippen molar-refractivity contribution in [2.75, 3.05) is 20.3 Å². The number of benzene rings is 1. The van der Waals surface area contributed by atoms with Gasteiger partial charge in [-0.05, 0) is 37.4 Å². The second-order valence-electron chi connectivity index (χ2n) is 4.89. The van der Waals surface area contributed by atoms with Crippen molar-refractivity contribution < 1.29 is 4.74 Å². The van der Waals surface area contributed by atoms with Crippen molar-refractivity contribution in [3.63, 3.8) is 0 Å². The van der Waals surface area contributed by atoms with Gasteiger partial charge in [0, 0.05) is 18.6 Å². The zero-order chi connectivity index (χ0) is 12.1. The fourth-order valence-electron chi connectivity index (χ4n) is 2.54. The van der Waals surface area contributed by atoms with Gasteiger partial charge in [-0.15, -0.1) is 0 Å². The third-order valence-corrected chi connectivity index (χ3v) is 3.79. The van der Waals surface area contributed by atoms with Crippen LogP contribution in [0, 0.1) is 5.92 Å². The van der Waals surface area contributed by atoms with E-state index in [-0.39, 0.29) is 0 Å². The van der Waals surface area contributed by atoms with Crippen LogP contribution in [0.2, 0.25) is 0 Å². The quantitative estimate of drug-likeness (QED) is 0.843. The normalized spacial score (nSPS) is 21.6. The van der Waals surface area contributed by atoms with Crippen molar-refractivity contribution in [3.8, 4) is 0 Å². The first-order valence-corrected chi connectivity index (χ1v) is 6.66. The maximum absolute atomic E-state index is 5.47. The first-order chi connectivity index (χ1) is 8.33. The summed E-state index contributed by atoms with van der Waals surface area (Å²) in [6.07, 6.45) is 3.42. The Bertz CT molecular complexity index is 327. The van der Waals surface area contributed by atoms with E-state index in [2.05, 4.69) is 43.6 Å². The fraction of sp³-hybridized carbons (Fsp3) is 0.600. The average molecular weight is 233 g/mol. The van der Waals surface area contributed by atoms with Gasteiger partial charge < -0.3 is 10.1 Å². The van der Waals surface area contributed by atoms with Crippen molar-refractivity contribution in [1.82, 2.24) is 5.32 Å². The number of aryl methyl sites for hydroxylation is 1.